The van der Waals surface area contributed by atoms with E-state index in [0.29, 0.717) is 0 Å². The predicted molar refractivity (Wildman–Crippen MR) is 74.0 cm³/mol. The average molecular weight is 223 g/mol. The molecule has 0 spiro atoms. The van der Waals surface area contributed by atoms with Gasteiger partial charge in [-0.05, 0) is 30.7 Å². The highest BCUT2D eigenvalue weighted by Gasteiger charge is 1.97. The van der Waals surface area contributed by atoms with Crippen LogP contribution in [-0.2, 0) is 0 Å². The van der Waals surface area contributed by atoms with Gasteiger partial charge in [-0.25, -0.2) is 0 Å². The first-order chi connectivity index (χ1) is 8.31. The fourth-order valence-corrected chi connectivity index (χ4v) is 1.62. The summed E-state index contributed by atoms with van der Waals surface area (Å²) in [6, 6.07) is 15.9. The molecule has 2 aromatic rings. The van der Waals surface area contributed by atoms with Crippen molar-refractivity contribution in [3.05, 3.63) is 59.7 Å². The van der Waals surface area contributed by atoms with Crippen molar-refractivity contribution in [1.29, 1.82) is 0 Å². The van der Waals surface area contributed by atoms with Crippen molar-refractivity contribution in [1.82, 2.24) is 0 Å². The number of aliphatic imine (C=N–C) groups is 1. The van der Waals surface area contributed by atoms with Crippen molar-refractivity contribution in [3.8, 4) is 5.75 Å². The quantitative estimate of drug-likeness (QED) is 0.579. The minimum Gasteiger partial charge on any atom is -0.567 e. The Kier molecular flexibility index (Phi) is 3.60. The average Bonchev–Trinajstić information content (AvgIpc) is 2.38. The first-order valence-electron chi connectivity index (χ1n) is 5.54. The molecule has 0 unspecified atom stereocenters. The number of hydrogen-bond donors (Lipinski definition) is 0. The summed E-state index contributed by atoms with van der Waals surface area (Å²) in [5.74, 6) is 0.838. The zero-order valence-electron chi connectivity index (χ0n) is 10.1. The predicted octanol–water partition coefficient (Wildman–Crippen LogP) is 2.67. The zero-order valence-corrected chi connectivity index (χ0v) is 10.1. The van der Waals surface area contributed by atoms with Crippen LogP contribution in [0.4, 0.5) is 5.69 Å². The van der Waals surface area contributed by atoms with E-state index in [0.717, 1.165) is 17.0 Å². The highest BCUT2D eigenvalue weighted by Crippen LogP contribution is 2.19. The van der Waals surface area contributed by atoms with Crippen molar-refractivity contribution in [2.24, 2.45) is 4.99 Å². The Morgan fingerprint density at radius 1 is 1.06 bits per heavy atom. The van der Waals surface area contributed by atoms with Crippen LogP contribution < -0.4 is 4.65 Å². The molecule has 84 valence electrons. The number of aryl methyl sites for hydroxylation is 1. The zero-order chi connectivity index (χ0) is 12.1. The van der Waals surface area contributed by atoms with Crippen LogP contribution >= 0.6 is 0 Å². The molecule has 3 heteroatoms. The molecule has 0 fully saturated rings. The molecular weight excluding hydrogens is 209 g/mol. The van der Waals surface area contributed by atoms with Crippen LogP contribution in [0.25, 0.3) is 0 Å². The standard InChI is InChI=1S/C14H14BNO/c1-11-6-2-4-8-13(11)16-10-12-7-3-5-9-14(12)17-15/h2-10H,15H2,1H3/b16-10+. The smallest absolute Gasteiger partial charge is 0.322 e. The molecule has 0 N–H and O–H groups in total. The third-order valence-corrected chi connectivity index (χ3v) is 2.60. The first kappa shape index (κ1) is 11.5. The minimum atomic E-state index is 0.838. The van der Waals surface area contributed by atoms with E-state index in [1.165, 1.54) is 5.56 Å². The minimum absolute atomic E-state index is 0.838. The van der Waals surface area contributed by atoms with Gasteiger partial charge < -0.3 is 4.65 Å². The van der Waals surface area contributed by atoms with E-state index in [4.69, 9.17) is 4.65 Å². The molecular formula is C14H14BNO. The maximum Gasteiger partial charge on any atom is 0.322 e. The molecule has 0 aromatic heterocycles. The number of nitrogens with zero attached hydrogens (tertiary/aromatic N) is 1. The van der Waals surface area contributed by atoms with E-state index in [1.807, 2.05) is 48.7 Å². The van der Waals surface area contributed by atoms with Gasteiger partial charge in [0.15, 0.2) is 0 Å². The molecule has 0 aliphatic heterocycles. The van der Waals surface area contributed by atoms with E-state index in [9.17, 15) is 0 Å². The van der Waals surface area contributed by atoms with Crippen LogP contribution in [0.1, 0.15) is 11.1 Å². The Morgan fingerprint density at radius 3 is 2.53 bits per heavy atom. The summed E-state index contributed by atoms with van der Waals surface area (Å²) in [5, 5.41) is 0. The molecule has 17 heavy (non-hydrogen) atoms. The van der Waals surface area contributed by atoms with E-state index in [1.54, 1.807) is 8.05 Å². The fraction of sp³-hybridized carbons (Fsp3) is 0.0714. The topological polar surface area (TPSA) is 21.6 Å². The molecule has 0 aliphatic carbocycles. The largest absolute Gasteiger partial charge is 0.567 e. The van der Waals surface area contributed by atoms with E-state index < -0.39 is 0 Å². The van der Waals surface area contributed by atoms with E-state index >= 15 is 0 Å². The van der Waals surface area contributed by atoms with Gasteiger partial charge in [0.25, 0.3) is 0 Å². The van der Waals surface area contributed by atoms with Gasteiger partial charge in [-0.2, -0.15) is 0 Å². The molecule has 2 rings (SSSR count). The van der Waals surface area contributed by atoms with Crippen LogP contribution in [0, 0.1) is 6.92 Å². The summed E-state index contributed by atoms with van der Waals surface area (Å²) in [6.07, 6.45) is 1.83. The monoisotopic (exact) mass is 223 g/mol. The Labute approximate surface area is 102 Å². The van der Waals surface area contributed by atoms with Crippen LogP contribution in [-0.4, -0.2) is 14.3 Å². The molecule has 2 nitrogen and oxygen atoms in total. The van der Waals surface area contributed by atoms with Crippen LogP contribution in [0.5, 0.6) is 5.75 Å². The van der Waals surface area contributed by atoms with Crippen molar-refractivity contribution in [3.63, 3.8) is 0 Å². The second-order valence-corrected chi connectivity index (χ2v) is 3.79. The lowest BCUT2D eigenvalue weighted by molar-refractivity contribution is 0.615. The van der Waals surface area contributed by atoms with E-state index in [-0.39, 0.29) is 0 Å². The number of hydrogen-bond acceptors (Lipinski definition) is 2. The summed E-state index contributed by atoms with van der Waals surface area (Å²) in [7, 11) is 1.67. The van der Waals surface area contributed by atoms with Gasteiger partial charge in [-0.15, -0.1) is 0 Å². The van der Waals surface area contributed by atoms with Gasteiger partial charge in [0.1, 0.15) is 5.75 Å². The summed E-state index contributed by atoms with van der Waals surface area (Å²) in [5.41, 5.74) is 3.13. The number of benzene rings is 2. The van der Waals surface area contributed by atoms with Crippen LogP contribution in [0.3, 0.4) is 0 Å². The fourth-order valence-electron chi connectivity index (χ4n) is 1.62. The summed E-state index contributed by atoms with van der Waals surface area (Å²) < 4.78 is 5.27. The number of para-hydroxylation sites is 2. The maximum absolute atomic E-state index is 5.27. The van der Waals surface area contributed by atoms with Gasteiger partial charge in [0, 0.05) is 11.8 Å². The first-order valence-corrected chi connectivity index (χ1v) is 5.54. The molecule has 0 bridgehead atoms. The van der Waals surface area contributed by atoms with Gasteiger partial charge in [-0.3, -0.25) is 4.99 Å². The third-order valence-electron chi connectivity index (χ3n) is 2.60. The van der Waals surface area contributed by atoms with Crippen molar-refractivity contribution >= 4 is 20.0 Å². The summed E-state index contributed by atoms with van der Waals surface area (Å²) >= 11 is 0. The molecule has 0 atom stereocenters. The van der Waals surface area contributed by atoms with Gasteiger partial charge in [0.2, 0.25) is 0 Å². The third kappa shape index (κ3) is 2.75. The lowest BCUT2D eigenvalue weighted by Crippen LogP contribution is -1.91. The second kappa shape index (κ2) is 5.35. The van der Waals surface area contributed by atoms with Crippen LogP contribution in [0.2, 0.25) is 0 Å². The molecule has 0 saturated carbocycles. The Bertz CT molecular complexity index is 537. The maximum atomic E-state index is 5.27. The Morgan fingerprint density at radius 2 is 1.76 bits per heavy atom. The lowest BCUT2D eigenvalue weighted by atomic mass is 10.2. The van der Waals surface area contributed by atoms with Gasteiger partial charge in [-0.1, -0.05) is 30.3 Å². The SMILES string of the molecule is BOc1ccccc1/C=N/c1ccccc1C. The normalized spacial score (nSPS) is 10.6. The van der Waals surface area contributed by atoms with Crippen LogP contribution in [0.15, 0.2) is 53.5 Å². The van der Waals surface area contributed by atoms with Crippen molar-refractivity contribution in [2.45, 2.75) is 6.92 Å². The summed E-state index contributed by atoms with van der Waals surface area (Å²) in [4.78, 5) is 4.48. The van der Waals surface area contributed by atoms with Crippen molar-refractivity contribution in [2.75, 3.05) is 0 Å². The van der Waals surface area contributed by atoms with E-state index in [2.05, 4.69) is 18.0 Å². The second-order valence-electron chi connectivity index (χ2n) is 3.79. The number of rotatable bonds is 3. The molecule has 0 radical (unpaired) electrons. The molecule has 0 amide bonds. The molecule has 0 saturated heterocycles. The van der Waals surface area contributed by atoms with Gasteiger partial charge in [0.05, 0.1) is 5.69 Å². The van der Waals surface area contributed by atoms with Crippen molar-refractivity contribution < 1.29 is 4.65 Å². The highest BCUT2D eigenvalue weighted by atomic mass is 16.4. The Hall–Kier alpha value is -2.03. The Balaban J connectivity index is 2.29. The highest BCUT2D eigenvalue weighted by molar-refractivity contribution is 6.01. The molecule has 0 heterocycles. The lowest BCUT2D eigenvalue weighted by Gasteiger charge is -2.04. The summed E-state index contributed by atoms with van der Waals surface area (Å²) in [6.45, 7) is 2.05. The van der Waals surface area contributed by atoms with Gasteiger partial charge >= 0.3 is 8.05 Å². The molecule has 0 aliphatic rings. The molecule has 2 aromatic carbocycles.